The second kappa shape index (κ2) is 7.09. The van der Waals surface area contributed by atoms with Gasteiger partial charge in [0.05, 0.1) is 9.89 Å². The third-order valence-electron chi connectivity index (χ3n) is 3.19. The number of benzene rings is 1. The summed E-state index contributed by atoms with van der Waals surface area (Å²) < 4.78 is 6.41. The third-order valence-corrected chi connectivity index (χ3v) is 3.81. The molecular weight excluding hydrogens is 322 g/mol. The summed E-state index contributed by atoms with van der Waals surface area (Å²) in [5.74, 6) is -0.229. The van der Waals surface area contributed by atoms with Crippen LogP contribution in [0.2, 0.25) is 0 Å². The smallest absolute Gasteiger partial charge is 0.312 e. The zero-order valence-corrected chi connectivity index (χ0v) is 13.7. The number of hydrogen-bond donors (Lipinski definition) is 2. The minimum atomic E-state index is -0.914. The maximum atomic E-state index is 11.0. The Morgan fingerprint density at radius 1 is 1.50 bits per heavy atom. The molecule has 0 amide bonds. The molecule has 4 nitrogen and oxygen atoms in total. The molecule has 5 heteroatoms. The summed E-state index contributed by atoms with van der Waals surface area (Å²) in [6, 6.07) is 5.93. The molecule has 1 atom stereocenters. The number of carbonyl (C=O) groups is 1. The van der Waals surface area contributed by atoms with Crippen molar-refractivity contribution in [3.63, 3.8) is 0 Å². The predicted molar refractivity (Wildman–Crippen MR) is 83.0 cm³/mol. The molecular formula is C15H22BrNO3. The van der Waals surface area contributed by atoms with Crippen molar-refractivity contribution in [3.8, 4) is 5.75 Å². The Balaban J connectivity index is 2.71. The molecule has 1 unspecified atom stereocenters. The van der Waals surface area contributed by atoms with Crippen LogP contribution in [-0.4, -0.2) is 23.7 Å². The molecule has 1 aromatic carbocycles. The predicted octanol–water partition coefficient (Wildman–Crippen LogP) is 3.22. The van der Waals surface area contributed by atoms with Gasteiger partial charge in [-0.2, -0.15) is 0 Å². The van der Waals surface area contributed by atoms with E-state index in [1.165, 1.54) is 0 Å². The van der Waals surface area contributed by atoms with Gasteiger partial charge in [0, 0.05) is 6.04 Å². The number of rotatable bonds is 7. The summed E-state index contributed by atoms with van der Waals surface area (Å²) in [5.41, 5.74) is 6.15. The zero-order chi connectivity index (χ0) is 15.3. The van der Waals surface area contributed by atoms with Crippen LogP contribution in [0.25, 0.3) is 0 Å². The molecule has 0 saturated heterocycles. The van der Waals surface area contributed by atoms with E-state index in [0.717, 1.165) is 22.9 Å². The summed E-state index contributed by atoms with van der Waals surface area (Å²) in [5, 5.41) is 9.05. The van der Waals surface area contributed by atoms with Crippen LogP contribution in [0.15, 0.2) is 22.7 Å². The summed E-state index contributed by atoms with van der Waals surface area (Å²) >= 11 is 3.45. The number of ether oxygens (including phenoxy) is 1. The van der Waals surface area contributed by atoms with E-state index in [4.69, 9.17) is 15.6 Å². The fraction of sp³-hybridized carbons (Fsp3) is 0.533. The first-order valence-electron chi connectivity index (χ1n) is 6.66. The van der Waals surface area contributed by atoms with Crippen LogP contribution in [0.5, 0.6) is 5.75 Å². The quantitative estimate of drug-likeness (QED) is 0.797. The van der Waals surface area contributed by atoms with Gasteiger partial charge in [-0.25, -0.2) is 0 Å². The Hall–Kier alpha value is -1.07. The van der Waals surface area contributed by atoms with Crippen LogP contribution in [-0.2, 0) is 11.2 Å². The molecule has 20 heavy (non-hydrogen) atoms. The summed E-state index contributed by atoms with van der Waals surface area (Å²) in [6.07, 6.45) is 1.75. The van der Waals surface area contributed by atoms with Crippen LogP contribution in [0, 0.1) is 5.41 Å². The lowest BCUT2D eigenvalue weighted by Gasteiger charge is -2.20. The average molecular weight is 344 g/mol. The fourth-order valence-electron chi connectivity index (χ4n) is 1.56. The zero-order valence-electron chi connectivity index (χ0n) is 12.1. The monoisotopic (exact) mass is 343 g/mol. The van der Waals surface area contributed by atoms with Crippen LogP contribution < -0.4 is 10.5 Å². The molecule has 0 saturated carbocycles. The number of nitrogens with two attached hydrogens (primary N) is 1. The largest absolute Gasteiger partial charge is 0.491 e. The molecule has 112 valence electrons. The summed E-state index contributed by atoms with van der Waals surface area (Å²) in [4.78, 5) is 11.0. The maximum Gasteiger partial charge on any atom is 0.312 e. The Labute approximate surface area is 128 Å². The lowest BCUT2D eigenvalue weighted by Crippen LogP contribution is -2.30. The normalized spacial score (nSPS) is 13.1. The molecule has 0 spiro atoms. The molecule has 0 aliphatic heterocycles. The van der Waals surface area contributed by atoms with Crippen molar-refractivity contribution in [2.45, 2.75) is 39.7 Å². The van der Waals surface area contributed by atoms with Crippen molar-refractivity contribution in [1.82, 2.24) is 0 Å². The molecule has 0 radical (unpaired) electrons. The van der Waals surface area contributed by atoms with Gasteiger partial charge in [-0.15, -0.1) is 0 Å². The van der Waals surface area contributed by atoms with Gasteiger partial charge < -0.3 is 15.6 Å². The highest BCUT2D eigenvalue weighted by Gasteiger charge is 2.28. The van der Waals surface area contributed by atoms with E-state index in [1.807, 2.05) is 18.2 Å². The van der Waals surface area contributed by atoms with E-state index >= 15 is 0 Å². The summed E-state index contributed by atoms with van der Waals surface area (Å²) in [7, 11) is 0. The topological polar surface area (TPSA) is 72.5 Å². The summed E-state index contributed by atoms with van der Waals surface area (Å²) in [6.45, 7) is 5.45. The number of halogens is 1. The molecule has 0 heterocycles. The van der Waals surface area contributed by atoms with Crippen LogP contribution in [0.4, 0.5) is 0 Å². The lowest BCUT2D eigenvalue weighted by atomic mass is 9.95. The second-order valence-electron chi connectivity index (χ2n) is 5.61. The van der Waals surface area contributed by atoms with Crippen molar-refractivity contribution in [2.75, 3.05) is 6.61 Å². The van der Waals surface area contributed by atoms with Crippen LogP contribution in [0.3, 0.4) is 0 Å². The van der Waals surface area contributed by atoms with E-state index in [-0.39, 0.29) is 12.6 Å². The van der Waals surface area contributed by atoms with E-state index in [9.17, 15) is 4.79 Å². The minimum Gasteiger partial charge on any atom is -0.491 e. The standard InChI is InChI=1S/C15H22BrNO3/c1-4-11(17)7-10-5-6-13(12(16)8-10)20-9-15(2,3)14(18)19/h5-6,8,11H,4,7,9,17H2,1-3H3,(H,18,19). The SMILES string of the molecule is CCC(N)Cc1ccc(OCC(C)(C)C(=O)O)c(Br)c1. The van der Waals surface area contributed by atoms with Crippen molar-refractivity contribution in [2.24, 2.45) is 11.1 Å². The van der Waals surface area contributed by atoms with E-state index in [0.29, 0.717) is 5.75 Å². The number of carboxylic acids is 1. The van der Waals surface area contributed by atoms with Gasteiger partial charge in [0.15, 0.2) is 0 Å². The number of carboxylic acid groups (broad SMARTS) is 1. The van der Waals surface area contributed by atoms with Crippen molar-refractivity contribution >= 4 is 21.9 Å². The first-order valence-corrected chi connectivity index (χ1v) is 7.45. The Kier molecular flexibility index (Phi) is 6.02. The molecule has 0 aliphatic carbocycles. The van der Waals surface area contributed by atoms with Gasteiger partial charge in [-0.3, -0.25) is 4.79 Å². The first kappa shape index (κ1) is 17.0. The van der Waals surface area contributed by atoms with E-state index < -0.39 is 11.4 Å². The first-order chi connectivity index (χ1) is 9.26. The molecule has 0 aromatic heterocycles. The Morgan fingerprint density at radius 3 is 2.65 bits per heavy atom. The van der Waals surface area contributed by atoms with Crippen molar-refractivity contribution in [1.29, 1.82) is 0 Å². The van der Waals surface area contributed by atoms with Gasteiger partial charge in [-0.05, 0) is 60.3 Å². The van der Waals surface area contributed by atoms with Crippen molar-refractivity contribution in [3.05, 3.63) is 28.2 Å². The van der Waals surface area contributed by atoms with Crippen LogP contribution >= 0.6 is 15.9 Å². The van der Waals surface area contributed by atoms with E-state index in [2.05, 4.69) is 22.9 Å². The molecule has 0 aliphatic rings. The fourth-order valence-corrected chi connectivity index (χ4v) is 2.10. The molecule has 3 N–H and O–H groups in total. The number of hydrogen-bond acceptors (Lipinski definition) is 3. The van der Waals surface area contributed by atoms with E-state index in [1.54, 1.807) is 13.8 Å². The average Bonchev–Trinajstić information content (AvgIpc) is 2.37. The maximum absolute atomic E-state index is 11.0. The van der Waals surface area contributed by atoms with Gasteiger partial charge >= 0.3 is 5.97 Å². The molecule has 1 rings (SSSR count). The lowest BCUT2D eigenvalue weighted by molar-refractivity contribution is -0.148. The highest BCUT2D eigenvalue weighted by molar-refractivity contribution is 9.10. The van der Waals surface area contributed by atoms with Gasteiger partial charge in [0.2, 0.25) is 0 Å². The molecule has 1 aromatic rings. The number of aliphatic carboxylic acids is 1. The molecule has 0 fully saturated rings. The van der Waals surface area contributed by atoms with Gasteiger partial charge in [0.25, 0.3) is 0 Å². The third kappa shape index (κ3) is 4.80. The molecule has 0 bridgehead atoms. The Morgan fingerprint density at radius 2 is 2.15 bits per heavy atom. The van der Waals surface area contributed by atoms with Crippen LogP contribution in [0.1, 0.15) is 32.8 Å². The van der Waals surface area contributed by atoms with Crippen molar-refractivity contribution < 1.29 is 14.6 Å². The van der Waals surface area contributed by atoms with Gasteiger partial charge in [0.1, 0.15) is 12.4 Å². The second-order valence-corrected chi connectivity index (χ2v) is 6.47. The highest BCUT2D eigenvalue weighted by Crippen LogP contribution is 2.28. The highest BCUT2D eigenvalue weighted by atomic mass is 79.9. The Bertz CT molecular complexity index is 474. The minimum absolute atomic E-state index is 0.120. The van der Waals surface area contributed by atoms with Gasteiger partial charge in [-0.1, -0.05) is 13.0 Å².